The van der Waals surface area contributed by atoms with Crippen molar-refractivity contribution in [3.8, 4) is 22.8 Å². The Bertz CT molecular complexity index is 1760. The van der Waals surface area contributed by atoms with E-state index in [1.165, 1.54) is 0 Å². The van der Waals surface area contributed by atoms with Crippen molar-refractivity contribution >= 4 is 39.5 Å². The number of carbonyl (C=O) groups excluding carboxylic acids is 1. The van der Waals surface area contributed by atoms with Gasteiger partial charge in [0, 0.05) is 37.2 Å². The number of hydrogen-bond acceptors (Lipinski definition) is 7. The summed E-state index contributed by atoms with van der Waals surface area (Å²) in [5.74, 6) is 0.232. The number of aromatic nitrogens is 2. The molecular weight excluding hydrogens is 568 g/mol. The van der Waals surface area contributed by atoms with E-state index < -0.39 is 5.60 Å². The van der Waals surface area contributed by atoms with E-state index in [1.54, 1.807) is 27.7 Å². The predicted octanol–water partition coefficient (Wildman–Crippen LogP) is 5.92. The lowest BCUT2D eigenvalue weighted by atomic mass is 9.97. The average molecular weight is 605 g/mol. The molecule has 3 aromatic carbocycles. The van der Waals surface area contributed by atoms with Crippen molar-refractivity contribution < 1.29 is 19.4 Å². The van der Waals surface area contributed by atoms with Crippen LogP contribution in [0.1, 0.15) is 33.6 Å². The molecule has 0 aliphatic carbocycles. The fourth-order valence-electron chi connectivity index (χ4n) is 6.02. The number of carbonyl (C=O) groups is 1. The lowest BCUT2D eigenvalue weighted by Crippen LogP contribution is -2.53. The first-order valence-electron chi connectivity index (χ1n) is 14.7. The lowest BCUT2D eigenvalue weighted by molar-refractivity contribution is -0.00334. The number of phenols is 1. The Kier molecular flexibility index (Phi) is 7.73. The van der Waals surface area contributed by atoms with Gasteiger partial charge in [-0.15, -0.1) is 0 Å². The lowest BCUT2D eigenvalue weighted by Gasteiger charge is -2.40. The third-order valence-corrected chi connectivity index (χ3v) is 8.59. The van der Waals surface area contributed by atoms with Crippen LogP contribution in [0.15, 0.2) is 53.3 Å². The van der Waals surface area contributed by atoms with Gasteiger partial charge >= 0.3 is 11.7 Å². The van der Waals surface area contributed by atoms with Crippen LogP contribution in [0.3, 0.4) is 0 Å². The zero-order valence-corrected chi connectivity index (χ0v) is 25.7. The van der Waals surface area contributed by atoms with Crippen molar-refractivity contribution in [2.75, 3.05) is 33.3 Å². The first kappa shape index (κ1) is 29.3. The number of aromatic hydroxyl groups is 1. The second-order valence-electron chi connectivity index (χ2n) is 12.7. The summed E-state index contributed by atoms with van der Waals surface area (Å²) in [7, 11) is 2.06. The number of nitrogens with zero attached hydrogens (tertiary/aromatic N) is 4. The number of fused-ring (bicyclic) bond motifs is 2. The molecule has 10 heteroatoms. The van der Waals surface area contributed by atoms with Gasteiger partial charge in [-0.1, -0.05) is 35.9 Å². The van der Waals surface area contributed by atoms with E-state index in [4.69, 9.17) is 26.1 Å². The molecule has 1 amide bonds. The van der Waals surface area contributed by atoms with Crippen molar-refractivity contribution in [2.45, 2.75) is 51.8 Å². The zero-order valence-electron chi connectivity index (χ0n) is 25.0. The molecule has 1 atom stereocenters. The van der Waals surface area contributed by atoms with Crippen LogP contribution in [0.2, 0.25) is 5.02 Å². The smallest absolute Gasteiger partial charge is 0.410 e. The molecule has 2 aliphatic heterocycles. The molecule has 1 aromatic heterocycles. The number of ether oxygens (including phenoxy) is 2. The van der Waals surface area contributed by atoms with Gasteiger partial charge in [-0.2, -0.15) is 0 Å². The molecule has 43 heavy (non-hydrogen) atoms. The third-order valence-electron chi connectivity index (χ3n) is 8.28. The van der Waals surface area contributed by atoms with Crippen LogP contribution in [-0.4, -0.2) is 75.5 Å². The number of likely N-dealkylation sites (N-methyl/N-ethyl adjacent to an activating group) is 1. The van der Waals surface area contributed by atoms with Crippen LogP contribution < -0.4 is 10.3 Å². The molecule has 226 valence electrons. The highest BCUT2D eigenvalue weighted by Gasteiger charge is 2.34. The van der Waals surface area contributed by atoms with Gasteiger partial charge in [0.15, 0.2) is 0 Å². The van der Waals surface area contributed by atoms with E-state index in [2.05, 4.69) is 11.9 Å². The molecule has 0 spiro atoms. The SMILES string of the molecule is CN1CCC[C@H]1COc1nc2cc(-c3cc(O)cc4ccccc34)c(Cl)cc2n(CC2CN(C(=O)OC(C)(C)C)C2)c1=O. The van der Waals surface area contributed by atoms with Crippen LogP contribution in [-0.2, 0) is 11.3 Å². The number of rotatable bonds is 6. The van der Waals surface area contributed by atoms with Gasteiger partial charge in [0.1, 0.15) is 18.0 Å². The van der Waals surface area contributed by atoms with Gasteiger partial charge in [-0.25, -0.2) is 9.78 Å². The number of amides is 1. The predicted molar refractivity (Wildman–Crippen MR) is 168 cm³/mol. The fourth-order valence-corrected chi connectivity index (χ4v) is 6.28. The van der Waals surface area contributed by atoms with Crippen LogP contribution in [0.4, 0.5) is 4.79 Å². The van der Waals surface area contributed by atoms with Gasteiger partial charge in [0.2, 0.25) is 0 Å². The van der Waals surface area contributed by atoms with Crippen molar-refractivity contribution in [1.29, 1.82) is 0 Å². The summed E-state index contributed by atoms with van der Waals surface area (Å²) in [4.78, 5) is 34.9. The summed E-state index contributed by atoms with van der Waals surface area (Å²) >= 11 is 6.90. The molecule has 2 fully saturated rings. The summed E-state index contributed by atoms with van der Waals surface area (Å²) < 4.78 is 13.3. The minimum absolute atomic E-state index is 0.0464. The Morgan fingerprint density at radius 3 is 2.60 bits per heavy atom. The molecule has 0 saturated carbocycles. The van der Waals surface area contributed by atoms with Gasteiger partial charge in [-0.3, -0.25) is 4.79 Å². The number of benzene rings is 3. The maximum Gasteiger partial charge on any atom is 0.410 e. The molecule has 4 aromatic rings. The number of phenolic OH excluding ortho intramolecular Hbond substituents is 1. The quantitative estimate of drug-likeness (QED) is 0.292. The maximum atomic E-state index is 13.8. The molecule has 0 unspecified atom stereocenters. The van der Waals surface area contributed by atoms with E-state index in [1.807, 2.05) is 51.1 Å². The Labute approximate surface area is 255 Å². The second-order valence-corrected chi connectivity index (χ2v) is 13.1. The maximum absolute atomic E-state index is 13.8. The molecule has 3 heterocycles. The summed E-state index contributed by atoms with van der Waals surface area (Å²) in [6.45, 7) is 8.23. The minimum atomic E-state index is -0.574. The minimum Gasteiger partial charge on any atom is -0.508 e. The normalized spacial score (nSPS) is 17.9. The number of hydrogen-bond donors (Lipinski definition) is 1. The van der Waals surface area contributed by atoms with Gasteiger partial charge in [0.05, 0.1) is 16.1 Å². The standard InChI is InChI=1S/C33H37ClN4O5/c1-33(2,3)43-32(41)37-16-20(17-37)18-38-29-15-27(34)26(25-13-23(39)12-21-8-5-6-10-24(21)25)14-28(29)35-30(31(38)40)42-19-22-9-7-11-36(22)4/h5-6,8,10,12-15,20,22,39H,7,9,11,16-19H2,1-4H3/t22-/m0/s1. The second kappa shape index (κ2) is 11.4. The van der Waals surface area contributed by atoms with Crippen LogP contribution in [0.25, 0.3) is 32.9 Å². The van der Waals surface area contributed by atoms with Gasteiger partial charge in [0.25, 0.3) is 5.88 Å². The first-order chi connectivity index (χ1) is 20.5. The van der Waals surface area contributed by atoms with Gasteiger partial charge in [-0.05, 0) is 87.8 Å². The van der Waals surface area contributed by atoms with Gasteiger partial charge < -0.3 is 28.9 Å². The van der Waals surface area contributed by atoms with Crippen molar-refractivity contribution in [3.05, 3.63) is 63.9 Å². The fraction of sp³-hybridized carbons (Fsp3) is 0.424. The van der Waals surface area contributed by atoms with Crippen molar-refractivity contribution in [3.63, 3.8) is 0 Å². The summed E-state index contributed by atoms with van der Waals surface area (Å²) in [5, 5.41) is 12.7. The van der Waals surface area contributed by atoms with Crippen LogP contribution in [0, 0.1) is 5.92 Å². The number of likely N-dealkylation sites (tertiary alicyclic amines) is 2. The van der Waals surface area contributed by atoms with E-state index in [9.17, 15) is 14.7 Å². The molecule has 1 N–H and O–H groups in total. The van der Waals surface area contributed by atoms with E-state index in [0.717, 1.165) is 35.7 Å². The average Bonchev–Trinajstić information content (AvgIpc) is 3.33. The highest BCUT2D eigenvalue weighted by atomic mass is 35.5. The Morgan fingerprint density at radius 2 is 1.88 bits per heavy atom. The molecular formula is C33H37ClN4O5. The zero-order chi connectivity index (χ0) is 30.5. The summed E-state index contributed by atoms with van der Waals surface area (Å²) in [5.41, 5.74) is 1.71. The molecule has 0 radical (unpaired) electrons. The van der Waals surface area contributed by atoms with E-state index in [-0.39, 0.29) is 35.2 Å². The monoisotopic (exact) mass is 604 g/mol. The summed E-state index contributed by atoms with van der Waals surface area (Å²) in [6.07, 6.45) is 1.74. The topological polar surface area (TPSA) is 97.1 Å². The number of halogens is 1. The molecule has 9 nitrogen and oxygen atoms in total. The Balaban J connectivity index is 1.38. The Morgan fingerprint density at radius 1 is 1.12 bits per heavy atom. The third kappa shape index (κ3) is 6.01. The largest absolute Gasteiger partial charge is 0.508 e. The highest BCUT2D eigenvalue weighted by molar-refractivity contribution is 6.34. The molecule has 2 saturated heterocycles. The first-order valence-corrected chi connectivity index (χ1v) is 15.1. The van der Waals surface area contributed by atoms with E-state index in [0.29, 0.717) is 47.9 Å². The highest BCUT2D eigenvalue weighted by Crippen LogP contribution is 2.38. The summed E-state index contributed by atoms with van der Waals surface area (Å²) in [6, 6.07) is 15.0. The molecule has 2 aliphatic rings. The van der Waals surface area contributed by atoms with Crippen molar-refractivity contribution in [2.24, 2.45) is 5.92 Å². The Hall–Kier alpha value is -3.82. The van der Waals surface area contributed by atoms with Crippen molar-refractivity contribution in [1.82, 2.24) is 19.4 Å². The van der Waals surface area contributed by atoms with Crippen LogP contribution >= 0.6 is 11.6 Å². The van der Waals surface area contributed by atoms with Crippen LogP contribution in [0.5, 0.6) is 11.6 Å². The molecule has 6 rings (SSSR count). The van der Waals surface area contributed by atoms with E-state index >= 15 is 0 Å². The molecule has 0 bridgehead atoms.